The molecule has 0 bridgehead atoms. The number of hydrogen-bond acceptors (Lipinski definition) is 5. The molecule has 0 fully saturated rings. The molecule has 2 N–H and O–H groups in total. The first kappa shape index (κ1) is 18.7. The lowest BCUT2D eigenvalue weighted by atomic mass is 10.0. The number of rotatable bonds is 4. The molecule has 1 atom stereocenters. The van der Waals surface area contributed by atoms with E-state index in [0.29, 0.717) is 10.6 Å². The molecule has 0 radical (unpaired) electrons. The Labute approximate surface area is 153 Å². The molecule has 2 aromatic carbocycles. The maximum Gasteiger partial charge on any atom is 0.406 e. The molecule has 0 saturated carbocycles. The molecule has 1 unspecified atom stereocenters. The van der Waals surface area contributed by atoms with Crippen LogP contribution in [0.3, 0.4) is 0 Å². The summed E-state index contributed by atoms with van der Waals surface area (Å²) in [7, 11) is 2.61. The SMILES string of the molecule is COc1cc(C2Nc3ccccc3C(=O)N2CC(F)(F)F)cc(OC)c1O. The number of carbonyl (C=O) groups excluding carboxylic acids is 1. The molecule has 1 aliphatic rings. The zero-order chi connectivity index (χ0) is 19.8. The Kier molecular flexibility index (Phi) is 4.77. The van der Waals surface area contributed by atoms with Crippen LogP contribution in [0.5, 0.6) is 17.2 Å². The number of phenolic OH excluding ortho intramolecular Hbond substituents is 1. The Balaban J connectivity index is 2.12. The van der Waals surface area contributed by atoms with Gasteiger partial charge in [0.1, 0.15) is 12.7 Å². The average molecular weight is 382 g/mol. The van der Waals surface area contributed by atoms with Gasteiger partial charge in [0.05, 0.1) is 19.8 Å². The topological polar surface area (TPSA) is 71.0 Å². The van der Waals surface area contributed by atoms with E-state index in [-0.39, 0.29) is 28.4 Å². The third-order valence-electron chi connectivity index (χ3n) is 4.19. The number of aromatic hydroxyl groups is 1. The van der Waals surface area contributed by atoms with E-state index < -0.39 is 24.8 Å². The normalized spacial score (nSPS) is 16.6. The fourth-order valence-electron chi connectivity index (χ4n) is 2.98. The van der Waals surface area contributed by atoms with Crippen LogP contribution >= 0.6 is 0 Å². The molecule has 0 saturated heterocycles. The van der Waals surface area contributed by atoms with Crippen molar-refractivity contribution in [3.8, 4) is 17.2 Å². The van der Waals surface area contributed by atoms with Crippen LogP contribution in [0.15, 0.2) is 36.4 Å². The van der Waals surface area contributed by atoms with Gasteiger partial charge in [-0.05, 0) is 24.3 Å². The molecule has 2 aromatic rings. The highest BCUT2D eigenvalue weighted by molar-refractivity contribution is 6.01. The minimum atomic E-state index is -4.59. The zero-order valence-corrected chi connectivity index (χ0v) is 14.5. The van der Waals surface area contributed by atoms with Gasteiger partial charge in [0.2, 0.25) is 5.75 Å². The van der Waals surface area contributed by atoms with Crippen LogP contribution in [0.4, 0.5) is 18.9 Å². The number of nitrogens with zero attached hydrogens (tertiary/aromatic N) is 1. The second-order valence-corrected chi connectivity index (χ2v) is 5.91. The van der Waals surface area contributed by atoms with Gasteiger partial charge in [-0.25, -0.2) is 0 Å². The van der Waals surface area contributed by atoms with Crippen molar-refractivity contribution in [3.63, 3.8) is 0 Å². The lowest BCUT2D eigenvalue weighted by Gasteiger charge is -2.38. The molecule has 9 heteroatoms. The van der Waals surface area contributed by atoms with Crippen molar-refractivity contribution in [3.05, 3.63) is 47.5 Å². The maximum atomic E-state index is 13.1. The molecule has 1 heterocycles. The summed E-state index contributed by atoms with van der Waals surface area (Å²) in [5, 5.41) is 13.0. The van der Waals surface area contributed by atoms with Crippen molar-refractivity contribution in [2.75, 3.05) is 26.1 Å². The Morgan fingerprint density at radius 2 is 1.74 bits per heavy atom. The van der Waals surface area contributed by atoms with Gasteiger partial charge < -0.3 is 24.8 Å². The number of anilines is 1. The van der Waals surface area contributed by atoms with E-state index >= 15 is 0 Å². The third kappa shape index (κ3) is 3.57. The largest absolute Gasteiger partial charge is 0.502 e. The number of phenols is 1. The molecular weight excluding hydrogens is 365 g/mol. The van der Waals surface area contributed by atoms with Crippen LogP contribution in [0.25, 0.3) is 0 Å². The van der Waals surface area contributed by atoms with Crippen molar-refractivity contribution in [2.24, 2.45) is 0 Å². The van der Waals surface area contributed by atoms with E-state index in [2.05, 4.69) is 5.32 Å². The smallest absolute Gasteiger partial charge is 0.406 e. The Morgan fingerprint density at radius 3 is 2.30 bits per heavy atom. The van der Waals surface area contributed by atoms with Gasteiger partial charge in [-0.15, -0.1) is 0 Å². The van der Waals surface area contributed by atoms with Crippen LogP contribution in [0.1, 0.15) is 22.1 Å². The van der Waals surface area contributed by atoms with Crippen LogP contribution < -0.4 is 14.8 Å². The minimum Gasteiger partial charge on any atom is -0.502 e. The lowest BCUT2D eigenvalue weighted by Crippen LogP contribution is -2.47. The first-order valence-corrected chi connectivity index (χ1v) is 7.93. The first-order valence-electron chi connectivity index (χ1n) is 7.93. The maximum absolute atomic E-state index is 13.1. The number of fused-ring (bicyclic) bond motifs is 1. The standard InChI is InChI=1S/C18H17F3N2O4/c1-26-13-7-10(8-14(27-2)15(13)24)16-22-12-6-4-3-5-11(12)17(25)23(16)9-18(19,20)21/h3-8,16,22,24H,9H2,1-2H3. The highest BCUT2D eigenvalue weighted by Crippen LogP contribution is 2.42. The van der Waals surface area contributed by atoms with Crippen molar-refractivity contribution in [1.29, 1.82) is 0 Å². The number of alkyl halides is 3. The first-order chi connectivity index (χ1) is 12.7. The molecule has 27 heavy (non-hydrogen) atoms. The number of halogens is 3. The summed E-state index contributed by atoms with van der Waals surface area (Å²) in [6.07, 6.45) is -5.72. The molecule has 0 spiro atoms. The summed E-state index contributed by atoms with van der Waals surface area (Å²) in [4.78, 5) is 13.4. The Bertz CT molecular complexity index is 845. The fraction of sp³-hybridized carbons (Fsp3) is 0.278. The zero-order valence-electron chi connectivity index (χ0n) is 14.5. The number of ether oxygens (including phenoxy) is 2. The van der Waals surface area contributed by atoms with E-state index in [9.17, 15) is 23.1 Å². The van der Waals surface area contributed by atoms with E-state index in [1.54, 1.807) is 18.2 Å². The summed E-state index contributed by atoms with van der Waals surface area (Å²) < 4.78 is 49.5. The molecule has 144 valence electrons. The second-order valence-electron chi connectivity index (χ2n) is 5.91. The van der Waals surface area contributed by atoms with Crippen molar-refractivity contribution < 1.29 is 32.5 Å². The summed E-state index contributed by atoms with van der Waals surface area (Å²) in [5.74, 6) is -1.000. The molecule has 1 amide bonds. The van der Waals surface area contributed by atoms with Gasteiger partial charge in [-0.3, -0.25) is 4.79 Å². The van der Waals surface area contributed by atoms with Gasteiger partial charge in [-0.1, -0.05) is 12.1 Å². The van der Waals surface area contributed by atoms with Gasteiger partial charge in [0, 0.05) is 11.3 Å². The second kappa shape index (κ2) is 6.90. The van der Waals surface area contributed by atoms with Crippen molar-refractivity contribution in [1.82, 2.24) is 4.90 Å². The molecular formula is C18H17F3N2O4. The number of carbonyl (C=O) groups is 1. The number of methoxy groups -OCH3 is 2. The van der Waals surface area contributed by atoms with E-state index in [4.69, 9.17) is 9.47 Å². The van der Waals surface area contributed by atoms with E-state index in [1.165, 1.54) is 32.4 Å². The highest BCUT2D eigenvalue weighted by atomic mass is 19.4. The number of amides is 1. The third-order valence-corrected chi connectivity index (χ3v) is 4.19. The van der Waals surface area contributed by atoms with Crippen molar-refractivity contribution >= 4 is 11.6 Å². The molecule has 0 aromatic heterocycles. The summed E-state index contributed by atoms with van der Waals surface area (Å²) in [6, 6.07) is 9.05. The molecule has 1 aliphatic heterocycles. The van der Waals surface area contributed by atoms with Gasteiger partial charge in [-0.2, -0.15) is 13.2 Å². The van der Waals surface area contributed by atoms with Gasteiger partial charge >= 0.3 is 6.18 Å². The minimum absolute atomic E-state index is 0.0180. The fourth-order valence-corrected chi connectivity index (χ4v) is 2.98. The summed E-state index contributed by atoms with van der Waals surface area (Å²) in [6.45, 7) is -1.44. The number of hydrogen-bond donors (Lipinski definition) is 2. The van der Waals surface area contributed by atoms with E-state index in [0.717, 1.165) is 0 Å². The predicted octanol–water partition coefficient (Wildman–Crippen LogP) is 3.54. The highest BCUT2D eigenvalue weighted by Gasteiger charge is 2.41. The molecule has 3 rings (SSSR count). The van der Waals surface area contributed by atoms with Crippen molar-refractivity contribution in [2.45, 2.75) is 12.3 Å². The van der Waals surface area contributed by atoms with Gasteiger partial charge in [0.15, 0.2) is 11.5 Å². The van der Waals surface area contributed by atoms with Crippen LogP contribution in [-0.4, -0.2) is 42.9 Å². The summed E-state index contributed by atoms with van der Waals surface area (Å²) >= 11 is 0. The van der Waals surface area contributed by atoms with Crippen LogP contribution in [0, 0.1) is 0 Å². The number of benzene rings is 2. The van der Waals surface area contributed by atoms with E-state index in [1.807, 2.05) is 0 Å². The monoisotopic (exact) mass is 382 g/mol. The molecule has 6 nitrogen and oxygen atoms in total. The Morgan fingerprint density at radius 1 is 1.15 bits per heavy atom. The average Bonchev–Trinajstić information content (AvgIpc) is 2.63. The number of para-hydroxylation sites is 1. The molecule has 0 aliphatic carbocycles. The Hall–Kier alpha value is -3.10. The van der Waals surface area contributed by atoms with Crippen LogP contribution in [0.2, 0.25) is 0 Å². The predicted molar refractivity (Wildman–Crippen MR) is 91.1 cm³/mol. The number of nitrogens with one attached hydrogen (secondary N) is 1. The lowest BCUT2D eigenvalue weighted by molar-refractivity contribution is -0.144. The van der Waals surface area contributed by atoms with Crippen LogP contribution in [-0.2, 0) is 0 Å². The quantitative estimate of drug-likeness (QED) is 0.847. The van der Waals surface area contributed by atoms with Gasteiger partial charge in [0.25, 0.3) is 5.91 Å². The summed E-state index contributed by atoms with van der Waals surface area (Å²) in [5.41, 5.74) is 0.834.